The summed E-state index contributed by atoms with van der Waals surface area (Å²) in [6.07, 6.45) is -0.542. The number of amides is 1. The fourth-order valence-electron chi connectivity index (χ4n) is 2.47. The Bertz CT molecular complexity index is 594. The van der Waals surface area contributed by atoms with Gasteiger partial charge in [-0.3, -0.25) is 9.69 Å². The number of halogens is 1. The molecule has 1 amide bonds. The Morgan fingerprint density at radius 1 is 1.35 bits per heavy atom. The molecule has 1 aliphatic heterocycles. The number of benzene rings is 1. The van der Waals surface area contributed by atoms with Crippen LogP contribution in [0.1, 0.15) is 32.4 Å². The van der Waals surface area contributed by atoms with Crippen LogP contribution in [0.15, 0.2) is 24.3 Å². The van der Waals surface area contributed by atoms with Gasteiger partial charge in [0, 0.05) is 18.7 Å². The van der Waals surface area contributed by atoms with Crippen LogP contribution >= 0.6 is 0 Å². The van der Waals surface area contributed by atoms with E-state index in [1.165, 1.54) is 18.2 Å². The third-order valence-corrected chi connectivity index (χ3v) is 3.43. The van der Waals surface area contributed by atoms with Gasteiger partial charge in [-0.05, 0) is 26.8 Å². The highest BCUT2D eigenvalue weighted by molar-refractivity contribution is 5.76. The molecule has 1 aromatic rings. The molecule has 1 unspecified atom stereocenters. The molecule has 1 fully saturated rings. The highest BCUT2D eigenvalue weighted by Crippen LogP contribution is 2.28. The van der Waals surface area contributed by atoms with Crippen LogP contribution in [0.4, 0.5) is 9.18 Å². The maximum absolute atomic E-state index is 13.8. The van der Waals surface area contributed by atoms with Crippen molar-refractivity contribution >= 4 is 12.1 Å². The topological polar surface area (TPSA) is 78.9 Å². The van der Waals surface area contributed by atoms with Crippen LogP contribution in [-0.4, -0.2) is 46.8 Å². The lowest BCUT2D eigenvalue weighted by Crippen LogP contribution is -2.61. The van der Waals surface area contributed by atoms with Gasteiger partial charge in [-0.1, -0.05) is 18.2 Å². The van der Waals surface area contributed by atoms with E-state index in [-0.39, 0.29) is 11.6 Å². The molecule has 6 nitrogen and oxygen atoms in total. The van der Waals surface area contributed by atoms with Crippen molar-refractivity contribution in [3.63, 3.8) is 0 Å². The lowest BCUT2D eigenvalue weighted by Gasteiger charge is -2.43. The molecule has 0 saturated carbocycles. The van der Waals surface area contributed by atoms with Crippen molar-refractivity contribution in [3.05, 3.63) is 35.6 Å². The first-order valence-corrected chi connectivity index (χ1v) is 7.38. The summed E-state index contributed by atoms with van der Waals surface area (Å²) in [7, 11) is 0. The molecule has 1 saturated heterocycles. The summed E-state index contributed by atoms with van der Waals surface area (Å²) in [6, 6.07) is 4.54. The molecule has 1 heterocycles. The third kappa shape index (κ3) is 4.41. The van der Waals surface area contributed by atoms with Gasteiger partial charge in [0.15, 0.2) is 0 Å². The standard InChI is InChI=1S/C16H21FN2O4/c1-16(2,3)23-15(22)18-10-8-19(9-10)13(14(20)21)11-6-4-5-7-12(11)17/h4-7,10,13H,8-9H2,1-3H3,(H,18,22)(H,20,21). The first-order chi connectivity index (χ1) is 10.7. The smallest absolute Gasteiger partial charge is 0.407 e. The van der Waals surface area contributed by atoms with Gasteiger partial charge in [-0.2, -0.15) is 0 Å². The maximum Gasteiger partial charge on any atom is 0.407 e. The summed E-state index contributed by atoms with van der Waals surface area (Å²) in [5.41, 5.74) is -0.472. The van der Waals surface area contributed by atoms with Crippen molar-refractivity contribution in [1.82, 2.24) is 10.2 Å². The van der Waals surface area contributed by atoms with E-state index in [1.807, 2.05) is 0 Å². The second-order valence-corrected chi connectivity index (χ2v) is 6.56. The van der Waals surface area contributed by atoms with Gasteiger partial charge in [0.1, 0.15) is 17.5 Å². The molecule has 7 heteroatoms. The SMILES string of the molecule is CC(C)(C)OC(=O)NC1CN(C(C(=O)O)c2ccccc2F)C1. The second-order valence-electron chi connectivity index (χ2n) is 6.56. The summed E-state index contributed by atoms with van der Waals surface area (Å²) in [6.45, 7) is 5.93. The Hall–Kier alpha value is -2.15. The molecule has 1 aromatic carbocycles. The molecule has 0 spiro atoms. The van der Waals surface area contributed by atoms with E-state index >= 15 is 0 Å². The van der Waals surface area contributed by atoms with Crippen LogP contribution in [0.25, 0.3) is 0 Å². The van der Waals surface area contributed by atoms with Gasteiger partial charge in [0.2, 0.25) is 0 Å². The highest BCUT2D eigenvalue weighted by atomic mass is 19.1. The van der Waals surface area contributed by atoms with E-state index in [9.17, 15) is 19.1 Å². The first-order valence-electron chi connectivity index (χ1n) is 7.38. The molecule has 1 aliphatic rings. The number of rotatable bonds is 4. The third-order valence-electron chi connectivity index (χ3n) is 3.43. The Kier molecular flexibility index (Phi) is 4.89. The number of carboxylic acids is 1. The Labute approximate surface area is 134 Å². The number of hydrogen-bond acceptors (Lipinski definition) is 4. The van der Waals surface area contributed by atoms with Crippen LogP contribution in [0.3, 0.4) is 0 Å². The number of alkyl carbamates (subject to hydrolysis) is 1. The minimum atomic E-state index is -1.12. The molecule has 0 aliphatic carbocycles. The minimum absolute atomic E-state index is 0.121. The molecular weight excluding hydrogens is 303 g/mol. The number of nitrogens with zero attached hydrogens (tertiary/aromatic N) is 1. The number of carbonyl (C=O) groups is 2. The fraction of sp³-hybridized carbons (Fsp3) is 0.500. The van der Waals surface area contributed by atoms with Crippen molar-refractivity contribution in [2.75, 3.05) is 13.1 Å². The Morgan fingerprint density at radius 3 is 2.48 bits per heavy atom. The molecule has 126 valence electrons. The van der Waals surface area contributed by atoms with Crippen molar-refractivity contribution in [1.29, 1.82) is 0 Å². The van der Waals surface area contributed by atoms with Crippen LogP contribution in [0.2, 0.25) is 0 Å². The summed E-state index contributed by atoms with van der Waals surface area (Å²) in [5, 5.41) is 12.1. The predicted octanol–water partition coefficient (Wildman–Crippen LogP) is 2.16. The van der Waals surface area contributed by atoms with E-state index in [0.717, 1.165) is 0 Å². The average Bonchev–Trinajstić information content (AvgIpc) is 2.35. The van der Waals surface area contributed by atoms with Crippen LogP contribution in [0.5, 0.6) is 0 Å². The second kappa shape index (κ2) is 6.54. The number of carbonyl (C=O) groups excluding carboxylic acids is 1. The van der Waals surface area contributed by atoms with E-state index in [1.54, 1.807) is 31.7 Å². The predicted molar refractivity (Wildman–Crippen MR) is 81.5 cm³/mol. The van der Waals surface area contributed by atoms with Crippen LogP contribution in [0, 0.1) is 5.82 Å². The van der Waals surface area contributed by atoms with Crippen LogP contribution < -0.4 is 5.32 Å². The number of carboxylic acid groups (broad SMARTS) is 1. The molecule has 23 heavy (non-hydrogen) atoms. The van der Waals surface area contributed by atoms with Crippen molar-refractivity contribution in [2.45, 2.75) is 38.5 Å². The van der Waals surface area contributed by atoms with Gasteiger partial charge in [-0.15, -0.1) is 0 Å². The van der Waals surface area contributed by atoms with Crippen molar-refractivity contribution in [2.24, 2.45) is 0 Å². The largest absolute Gasteiger partial charge is 0.480 e. The van der Waals surface area contributed by atoms with E-state index < -0.39 is 29.5 Å². The number of nitrogens with one attached hydrogen (secondary N) is 1. The number of likely N-dealkylation sites (tertiary alicyclic amines) is 1. The molecule has 2 rings (SSSR count). The monoisotopic (exact) mass is 324 g/mol. The lowest BCUT2D eigenvalue weighted by molar-refractivity contribution is -0.146. The van der Waals surface area contributed by atoms with Gasteiger partial charge < -0.3 is 15.2 Å². The molecule has 0 radical (unpaired) electrons. The highest BCUT2D eigenvalue weighted by Gasteiger charge is 2.39. The molecule has 1 atom stereocenters. The zero-order valence-corrected chi connectivity index (χ0v) is 13.4. The molecule has 2 N–H and O–H groups in total. The average molecular weight is 324 g/mol. The zero-order valence-electron chi connectivity index (χ0n) is 13.4. The summed E-state index contributed by atoms with van der Waals surface area (Å²) >= 11 is 0. The van der Waals surface area contributed by atoms with Gasteiger partial charge >= 0.3 is 12.1 Å². The molecular formula is C16H21FN2O4. The Morgan fingerprint density at radius 2 is 1.96 bits per heavy atom. The summed E-state index contributed by atoms with van der Waals surface area (Å²) < 4.78 is 19.0. The normalized spacial score (nSPS) is 17.2. The van der Waals surface area contributed by atoms with E-state index in [2.05, 4.69) is 5.32 Å². The minimum Gasteiger partial charge on any atom is -0.480 e. The van der Waals surface area contributed by atoms with Crippen molar-refractivity contribution in [3.8, 4) is 0 Å². The first kappa shape index (κ1) is 17.2. The van der Waals surface area contributed by atoms with E-state index in [4.69, 9.17) is 4.74 Å². The summed E-state index contributed by atoms with van der Waals surface area (Å²) in [5.74, 6) is -1.67. The quantitative estimate of drug-likeness (QED) is 0.887. The number of aliphatic carboxylic acids is 1. The number of hydrogen-bond donors (Lipinski definition) is 2. The number of ether oxygens (including phenoxy) is 1. The van der Waals surface area contributed by atoms with Gasteiger partial charge in [-0.25, -0.2) is 9.18 Å². The molecule has 0 bridgehead atoms. The van der Waals surface area contributed by atoms with Gasteiger partial charge in [0.25, 0.3) is 0 Å². The molecule has 0 aromatic heterocycles. The zero-order chi connectivity index (χ0) is 17.2. The Balaban J connectivity index is 1.95. The van der Waals surface area contributed by atoms with Gasteiger partial charge in [0.05, 0.1) is 6.04 Å². The lowest BCUT2D eigenvalue weighted by atomic mass is 9.99. The summed E-state index contributed by atoms with van der Waals surface area (Å²) in [4.78, 5) is 24.8. The van der Waals surface area contributed by atoms with Crippen molar-refractivity contribution < 1.29 is 23.8 Å². The van der Waals surface area contributed by atoms with Crippen LogP contribution in [-0.2, 0) is 9.53 Å². The van der Waals surface area contributed by atoms with E-state index in [0.29, 0.717) is 13.1 Å². The maximum atomic E-state index is 13.8. The fourth-order valence-corrected chi connectivity index (χ4v) is 2.47.